The lowest BCUT2D eigenvalue weighted by Gasteiger charge is -2.34. The number of carboxylic acid groups (broad SMARTS) is 2. The zero-order valence-corrected chi connectivity index (χ0v) is 16.0. The Labute approximate surface area is 164 Å². The molecule has 1 aromatic heterocycles. The maximum atomic E-state index is 13.2. The maximum Gasteiger partial charge on any atom is 0.306 e. The summed E-state index contributed by atoms with van der Waals surface area (Å²) in [6, 6.07) is -0.0195. The van der Waals surface area contributed by atoms with E-state index < -0.39 is 23.3 Å². The molecule has 8 heteroatoms. The Kier molecular flexibility index (Phi) is 6.36. The van der Waals surface area contributed by atoms with Crippen molar-refractivity contribution in [1.29, 1.82) is 0 Å². The Balaban J connectivity index is 1.64. The van der Waals surface area contributed by atoms with Crippen molar-refractivity contribution >= 4 is 17.8 Å². The van der Waals surface area contributed by atoms with Crippen molar-refractivity contribution in [3.05, 3.63) is 18.2 Å². The summed E-state index contributed by atoms with van der Waals surface area (Å²) in [6.45, 7) is 0. The first-order valence-corrected chi connectivity index (χ1v) is 10.1. The Morgan fingerprint density at radius 2 is 1.86 bits per heavy atom. The van der Waals surface area contributed by atoms with Gasteiger partial charge in [-0.05, 0) is 44.9 Å². The molecule has 1 atom stereocenters. The number of nitrogens with one attached hydrogen (secondary N) is 2. The molecule has 0 radical (unpaired) electrons. The van der Waals surface area contributed by atoms with E-state index in [0.717, 1.165) is 12.8 Å². The standard InChI is InChI=1S/C20H29N3O5/c24-17(25)13-3-5-15(6-4-13)23-19(28)20(7-1-2-8-20)12-14(18(26)27)11-16-21-9-10-22-16/h9-10,13-15H,1-8,11-12H2,(H,21,22)(H,23,28)(H,24,25)(H,26,27)/t13-,14?,15+. The normalized spacial score (nSPS) is 25.1. The highest BCUT2D eigenvalue weighted by atomic mass is 16.4. The summed E-state index contributed by atoms with van der Waals surface area (Å²) in [7, 11) is 0. The van der Waals surface area contributed by atoms with E-state index in [1.54, 1.807) is 12.4 Å². The quantitative estimate of drug-likeness (QED) is 0.538. The number of hydrogen-bond acceptors (Lipinski definition) is 4. The zero-order valence-electron chi connectivity index (χ0n) is 16.0. The van der Waals surface area contributed by atoms with Gasteiger partial charge in [0.15, 0.2) is 0 Å². The molecule has 1 unspecified atom stereocenters. The summed E-state index contributed by atoms with van der Waals surface area (Å²) in [4.78, 5) is 43.2. The van der Waals surface area contributed by atoms with Gasteiger partial charge < -0.3 is 20.5 Å². The number of amides is 1. The highest BCUT2D eigenvalue weighted by Crippen LogP contribution is 2.44. The highest BCUT2D eigenvalue weighted by Gasteiger charge is 2.45. The van der Waals surface area contributed by atoms with Crippen LogP contribution in [-0.2, 0) is 20.8 Å². The zero-order chi connectivity index (χ0) is 20.1. The fourth-order valence-electron chi connectivity index (χ4n) is 4.76. The van der Waals surface area contributed by atoms with Crippen LogP contribution in [0.25, 0.3) is 0 Å². The van der Waals surface area contributed by atoms with E-state index in [-0.39, 0.29) is 24.3 Å². The van der Waals surface area contributed by atoms with Crippen LogP contribution in [0, 0.1) is 17.3 Å². The first-order valence-electron chi connectivity index (χ1n) is 10.1. The molecule has 2 aliphatic rings. The van der Waals surface area contributed by atoms with Gasteiger partial charge >= 0.3 is 11.9 Å². The first-order chi connectivity index (χ1) is 13.4. The third-order valence-corrected chi connectivity index (χ3v) is 6.43. The largest absolute Gasteiger partial charge is 0.481 e. The monoisotopic (exact) mass is 391 g/mol. The number of hydrogen-bond donors (Lipinski definition) is 4. The molecule has 2 aliphatic carbocycles. The number of aliphatic carboxylic acids is 2. The van der Waals surface area contributed by atoms with E-state index in [4.69, 9.17) is 5.11 Å². The molecule has 0 aromatic carbocycles. The number of nitrogens with zero attached hydrogens (tertiary/aromatic N) is 1. The average Bonchev–Trinajstić information content (AvgIpc) is 3.34. The summed E-state index contributed by atoms with van der Waals surface area (Å²) < 4.78 is 0. The van der Waals surface area contributed by atoms with Crippen LogP contribution in [0.2, 0.25) is 0 Å². The molecule has 4 N–H and O–H groups in total. The highest BCUT2D eigenvalue weighted by molar-refractivity contribution is 5.84. The lowest BCUT2D eigenvalue weighted by atomic mass is 9.75. The number of aromatic nitrogens is 2. The van der Waals surface area contributed by atoms with Gasteiger partial charge in [0.1, 0.15) is 5.82 Å². The predicted molar refractivity (Wildman–Crippen MR) is 100 cm³/mol. The fraction of sp³-hybridized carbons (Fsp3) is 0.700. The Hall–Kier alpha value is -2.38. The van der Waals surface area contributed by atoms with Crippen molar-refractivity contribution in [3.63, 3.8) is 0 Å². The molecular formula is C20H29N3O5. The van der Waals surface area contributed by atoms with Gasteiger partial charge in [0.05, 0.1) is 17.3 Å². The molecule has 8 nitrogen and oxygen atoms in total. The smallest absolute Gasteiger partial charge is 0.306 e. The second kappa shape index (κ2) is 8.75. The number of carboxylic acids is 2. The van der Waals surface area contributed by atoms with E-state index in [1.807, 2.05) is 0 Å². The average molecular weight is 391 g/mol. The van der Waals surface area contributed by atoms with Crippen molar-refractivity contribution in [1.82, 2.24) is 15.3 Å². The molecule has 154 valence electrons. The lowest BCUT2D eigenvalue weighted by Crippen LogP contribution is -2.47. The van der Waals surface area contributed by atoms with E-state index >= 15 is 0 Å². The van der Waals surface area contributed by atoms with Gasteiger partial charge in [-0.3, -0.25) is 14.4 Å². The van der Waals surface area contributed by atoms with Crippen molar-refractivity contribution < 1.29 is 24.6 Å². The minimum Gasteiger partial charge on any atom is -0.481 e. The van der Waals surface area contributed by atoms with Crippen molar-refractivity contribution in [2.45, 2.75) is 70.3 Å². The minimum absolute atomic E-state index is 0.0195. The van der Waals surface area contributed by atoms with Crippen LogP contribution >= 0.6 is 0 Å². The molecule has 0 aliphatic heterocycles. The SMILES string of the molecule is O=C(O)C(Cc1ncc[nH]1)CC1(C(=O)N[C@H]2CC[C@@H](C(=O)O)CC2)CCCC1. The number of rotatable bonds is 8. The summed E-state index contributed by atoms with van der Waals surface area (Å²) in [6.07, 6.45) is 9.56. The van der Waals surface area contributed by atoms with Crippen molar-refractivity contribution in [2.24, 2.45) is 17.3 Å². The van der Waals surface area contributed by atoms with Crippen LogP contribution in [0.1, 0.15) is 63.6 Å². The number of H-pyrrole nitrogens is 1. The van der Waals surface area contributed by atoms with Gasteiger partial charge in [-0.15, -0.1) is 0 Å². The summed E-state index contributed by atoms with van der Waals surface area (Å²) >= 11 is 0. The van der Waals surface area contributed by atoms with E-state index in [0.29, 0.717) is 50.8 Å². The van der Waals surface area contributed by atoms with Crippen LogP contribution < -0.4 is 5.32 Å². The third kappa shape index (κ3) is 4.72. The summed E-state index contributed by atoms with van der Waals surface area (Å²) in [5, 5.41) is 21.9. The number of aromatic amines is 1. The molecule has 1 amide bonds. The second-order valence-electron chi connectivity index (χ2n) is 8.33. The van der Waals surface area contributed by atoms with Crippen LogP contribution in [-0.4, -0.2) is 44.1 Å². The molecule has 2 saturated carbocycles. The van der Waals surface area contributed by atoms with E-state index in [9.17, 15) is 19.5 Å². The Morgan fingerprint density at radius 3 is 2.39 bits per heavy atom. The van der Waals surface area contributed by atoms with Gasteiger partial charge in [-0.1, -0.05) is 12.8 Å². The van der Waals surface area contributed by atoms with Crippen LogP contribution in [0.5, 0.6) is 0 Å². The van der Waals surface area contributed by atoms with Crippen LogP contribution in [0.3, 0.4) is 0 Å². The first kappa shape index (κ1) is 20.4. The molecule has 28 heavy (non-hydrogen) atoms. The van der Waals surface area contributed by atoms with Crippen LogP contribution in [0.4, 0.5) is 0 Å². The summed E-state index contributed by atoms with van der Waals surface area (Å²) in [5.41, 5.74) is -0.653. The van der Waals surface area contributed by atoms with E-state index in [1.165, 1.54) is 0 Å². The van der Waals surface area contributed by atoms with E-state index in [2.05, 4.69) is 15.3 Å². The predicted octanol–water partition coefficient (Wildman–Crippen LogP) is 2.36. The molecule has 1 aromatic rings. The maximum absolute atomic E-state index is 13.2. The molecule has 2 fully saturated rings. The second-order valence-corrected chi connectivity index (χ2v) is 8.33. The molecule has 0 saturated heterocycles. The number of carbonyl (C=O) groups is 3. The van der Waals surface area contributed by atoms with Gasteiger partial charge in [0.2, 0.25) is 5.91 Å². The van der Waals surface area contributed by atoms with Crippen molar-refractivity contribution in [2.75, 3.05) is 0 Å². The number of imidazole rings is 1. The molecule has 1 heterocycles. The topological polar surface area (TPSA) is 132 Å². The number of carbonyl (C=O) groups excluding carboxylic acids is 1. The fourth-order valence-corrected chi connectivity index (χ4v) is 4.76. The minimum atomic E-state index is -0.905. The van der Waals surface area contributed by atoms with Gasteiger partial charge in [0, 0.05) is 24.9 Å². The Bertz CT molecular complexity index is 689. The van der Waals surface area contributed by atoms with Gasteiger partial charge in [-0.2, -0.15) is 0 Å². The Morgan fingerprint density at radius 1 is 1.18 bits per heavy atom. The molecule has 3 rings (SSSR count). The third-order valence-electron chi connectivity index (χ3n) is 6.43. The van der Waals surface area contributed by atoms with Crippen LogP contribution in [0.15, 0.2) is 12.4 Å². The molecule has 0 bridgehead atoms. The van der Waals surface area contributed by atoms with Crippen molar-refractivity contribution in [3.8, 4) is 0 Å². The molecular weight excluding hydrogens is 362 g/mol. The van der Waals surface area contributed by atoms with Gasteiger partial charge in [-0.25, -0.2) is 4.98 Å². The van der Waals surface area contributed by atoms with Gasteiger partial charge in [0.25, 0.3) is 0 Å². The summed E-state index contributed by atoms with van der Waals surface area (Å²) in [5.74, 6) is -2.10. The lowest BCUT2D eigenvalue weighted by molar-refractivity contribution is -0.144. The molecule has 0 spiro atoms.